The van der Waals surface area contributed by atoms with Crippen LogP contribution >= 0.6 is 11.3 Å². The number of nitrogens with one attached hydrogen (secondary N) is 1. The lowest BCUT2D eigenvalue weighted by atomic mass is 10.2. The molecule has 0 saturated carbocycles. The van der Waals surface area contributed by atoms with E-state index in [4.69, 9.17) is 5.73 Å². The lowest BCUT2D eigenvalue weighted by molar-refractivity contribution is 0.0957. The Labute approximate surface area is 94.7 Å². The standard InChI is InChI=1S/C11H18N2OS/c1-7-6-10(15-9(7)3)11(14)13-5-4-8(2)12/h6,8H,4-5,12H2,1-3H3,(H,13,14). The smallest absolute Gasteiger partial charge is 0.261 e. The van der Waals surface area contributed by atoms with Gasteiger partial charge in [0.1, 0.15) is 0 Å². The van der Waals surface area contributed by atoms with Crippen LogP contribution in [0.3, 0.4) is 0 Å². The average molecular weight is 226 g/mol. The minimum atomic E-state index is 0.0110. The second-order valence-electron chi connectivity index (χ2n) is 3.87. The maximum absolute atomic E-state index is 11.7. The van der Waals surface area contributed by atoms with Crippen LogP contribution in [0.25, 0.3) is 0 Å². The first kappa shape index (κ1) is 12.2. The van der Waals surface area contributed by atoms with E-state index in [0.717, 1.165) is 11.3 Å². The summed E-state index contributed by atoms with van der Waals surface area (Å²) in [6, 6.07) is 2.07. The summed E-state index contributed by atoms with van der Waals surface area (Å²) in [5.74, 6) is 0.0110. The molecule has 0 aliphatic heterocycles. The van der Waals surface area contributed by atoms with Gasteiger partial charge in [-0.05, 0) is 38.8 Å². The fourth-order valence-corrected chi connectivity index (χ4v) is 2.14. The topological polar surface area (TPSA) is 55.1 Å². The highest BCUT2D eigenvalue weighted by Crippen LogP contribution is 2.20. The molecule has 0 saturated heterocycles. The van der Waals surface area contributed by atoms with Crippen LogP contribution in [0.1, 0.15) is 33.5 Å². The van der Waals surface area contributed by atoms with Crippen LogP contribution in [-0.4, -0.2) is 18.5 Å². The molecule has 1 rings (SSSR count). The molecular weight excluding hydrogens is 208 g/mol. The molecule has 15 heavy (non-hydrogen) atoms. The van der Waals surface area contributed by atoms with E-state index in [1.54, 1.807) is 0 Å². The van der Waals surface area contributed by atoms with E-state index < -0.39 is 0 Å². The van der Waals surface area contributed by atoms with Gasteiger partial charge in [-0.15, -0.1) is 11.3 Å². The molecule has 1 amide bonds. The monoisotopic (exact) mass is 226 g/mol. The SMILES string of the molecule is Cc1cc(C(=O)NCCC(C)N)sc1C. The zero-order valence-electron chi connectivity index (χ0n) is 9.46. The van der Waals surface area contributed by atoms with Crippen molar-refractivity contribution in [3.63, 3.8) is 0 Å². The minimum Gasteiger partial charge on any atom is -0.351 e. The third-order valence-corrected chi connectivity index (χ3v) is 3.43. The van der Waals surface area contributed by atoms with Crippen LogP contribution in [0.5, 0.6) is 0 Å². The second-order valence-corrected chi connectivity index (χ2v) is 5.13. The van der Waals surface area contributed by atoms with Gasteiger partial charge >= 0.3 is 0 Å². The van der Waals surface area contributed by atoms with E-state index in [-0.39, 0.29) is 11.9 Å². The van der Waals surface area contributed by atoms with E-state index >= 15 is 0 Å². The van der Waals surface area contributed by atoms with E-state index in [2.05, 4.69) is 5.32 Å². The zero-order chi connectivity index (χ0) is 11.4. The summed E-state index contributed by atoms with van der Waals surface area (Å²) in [7, 11) is 0. The largest absolute Gasteiger partial charge is 0.351 e. The molecule has 0 aliphatic carbocycles. The van der Waals surface area contributed by atoms with Gasteiger partial charge in [0.15, 0.2) is 0 Å². The summed E-state index contributed by atoms with van der Waals surface area (Å²) < 4.78 is 0. The predicted molar refractivity (Wildman–Crippen MR) is 64.4 cm³/mol. The van der Waals surface area contributed by atoms with Crippen LogP contribution in [0.15, 0.2) is 6.07 Å². The van der Waals surface area contributed by atoms with Crippen molar-refractivity contribution in [1.29, 1.82) is 0 Å². The molecule has 3 nitrogen and oxygen atoms in total. The van der Waals surface area contributed by atoms with E-state index in [0.29, 0.717) is 6.54 Å². The maximum Gasteiger partial charge on any atom is 0.261 e. The highest BCUT2D eigenvalue weighted by molar-refractivity contribution is 7.14. The van der Waals surface area contributed by atoms with Gasteiger partial charge in [-0.3, -0.25) is 4.79 Å². The van der Waals surface area contributed by atoms with Gasteiger partial charge < -0.3 is 11.1 Å². The minimum absolute atomic E-state index is 0.0110. The van der Waals surface area contributed by atoms with Gasteiger partial charge in [0, 0.05) is 17.5 Å². The summed E-state index contributed by atoms with van der Waals surface area (Å²) in [6.45, 7) is 6.63. The van der Waals surface area contributed by atoms with Crippen molar-refractivity contribution in [2.75, 3.05) is 6.54 Å². The summed E-state index contributed by atoms with van der Waals surface area (Å²) >= 11 is 1.54. The Hall–Kier alpha value is -0.870. The van der Waals surface area contributed by atoms with Crippen LogP contribution in [-0.2, 0) is 0 Å². The Morgan fingerprint density at radius 1 is 1.60 bits per heavy atom. The quantitative estimate of drug-likeness (QED) is 0.823. The number of thiophene rings is 1. The molecule has 84 valence electrons. The van der Waals surface area contributed by atoms with Crippen LogP contribution in [0, 0.1) is 13.8 Å². The van der Waals surface area contributed by atoms with E-state index in [9.17, 15) is 4.79 Å². The molecule has 0 spiro atoms. The highest BCUT2D eigenvalue weighted by atomic mass is 32.1. The number of hydrogen-bond donors (Lipinski definition) is 2. The van der Waals surface area contributed by atoms with Gasteiger partial charge in [0.25, 0.3) is 5.91 Å². The molecule has 1 aromatic rings. The molecule has 0 aromatic carbocycles. The number of nitrogens with two attached hydrogens (primary N) is 1. The number of amides is 1. The van der Waals surface area contributed by atoms with Crippen molar-refractivity contribution in [2.24, 2.45) is 5.73 Å². The van der Waals surface area contributed by atoms with Crippen molar-refractivity contribution in [2.45, 2.75) is 33.2 Å². The number of rotatable bonds is 4. The van der Waals surface area contributed by atoms with Crippen molar-refractivity contribution in [1.82, 2.24) is 5.32 Å². The molecule has 1 aromatic heterocycles. The first-order chi connectivity index (χ1) is 7.00. The molecule has 0 aliphatic rings. The Morgan fingerprint density at radius 2 is 2.27 bits per heavy atom. The van der Waals surface area contributed by atoms with Gasteiger partial charge in [-0.2, -0.15) is 0 Å². The fraction of sp³-hybridized carbons (Fsp3) is 0.545. The molecule has 0 fully saturated rings. The van der Waals surface area contributed by atoms with Crippen molar-refractivity contribution in [3.8, 4) is 0 Å². The van der Waals surface area contributed by atoms with Gasteiger partial charge in [-0.1, -0.05) is 0 Å². The lowest BCUT2D eigenvalue weighted by Crippen LogP contribution is -2.28. The van der Waals surface area contributed by atoms with Gasteiger partial charge in [0.05, 0.1) is 4.88 Å². The van der Waals surface area contributed by atoms with Gasteiger partial charge in [-0.25, -0.2) is 0 Å². The summed E-state index contributed by atoms with van der Waals surface area (Å²) in [5.41, 5.74) is 6.77. The summed E-state index contributed by atoms with van der Waals surface area (Å²) in [5, 5.41) is 2.86. The average Bonchev–Trinajstić information content (AvgIpc) is 2.46. The molecule has 1 atom stereocenters. The zero-order valence-corrected chi connectivity index (χ0v) is 10.3. The van der Waals surface area contributed by atoms with Crippen molar-refractivity contribution >= 4 is 17.2 Å². The summed E-state index contributed by atoms with van der Waals surface area (Å²) in [6.07, 6.45) is 0.815. The molecule has 0 radical (unpaired) electrons. The van der Waals surface area contributed by atoms with E-state index in [1.807, 2.05) is 26.8 Å². The highest BCUT2D eigenvalue weighted by Gasteiger charge is 2.09. The maximum atomic E-state index is 11.7. The molecule has 1 unspecified atom stereocenters. The predicted octanol–water partition coefficient (Wildman–Crippen LogP) is 1.83. The number of aryl methyl sites for hydroxylation is 2. The van der Waals surface area contributed by atoms with Crippen LogP contribution in [0.4, 0.5) is 0 Å². The number of hydrogen-bond acceptors (Lipinski definition) is 3. The number of carbonyl (C=O) groups is 1. The Kier molecular flexibility index (Phi) is 4.29. The molecule has 3 N–H and O–H groups in total. The normalized spacial score (nSPS) is 12.5. The molecule has 0 bridgehead atoms. The fourth-order valence-electron chi connectivity index (χ4n) is 1.19. The van der Waals surface area contributed by atoms with Crippen LogP contribution < -0.4 is 11.1 Å². The lowest BCUT2D eigenvalue weighted by Gasteiger charge is -2.05. The third-order valence-electron chi connectivity index (χ3n) is 2.28. The summed E-state index contributed by atoms with van der Waals surface area (Å²) in [4.78, 5) is 13.6. The van der Waals surface area contributed by atoms with Crippen molar-refractivity contribution in [3.05, 3.63) is 21.4 Å². The Morgan fingerprint density at radius 3 is 2.73 bits per heavy atom. The Balaban J connectivity index is 2.47. The first-order valence-corrected chi connectivity index (χ1v) is 5.93. The van der Waals surface area contributed by atoms with Crippen LogP contribution in [0.2, 0.25) is 0 Å². The molecule has 1 heterocycles. The van der Waals surface area contributed by atoms with Gasteiger partial charge in [0.2, 0.25) is 0 Å². The molecule has 4 heteroatoms. The second kappa shape index (κ2) is 5.28. The van der Waals surface area contributed by atoms with E-state index in [1.165, 1.54) is 21.8 Å². The number of carbonyl (C=O) groups excluding carboxylic acids is 1. The third kappa shape index (κ3) is 3.64. The van der Waals surface area contributed by atoms with Crippen molar-refractivity contribution < 1.29 is 4.79 Å². The molecular formula is C11H18N2OS. The first-order valence-electron chi connectivity index (χ1n) is 5.11. The Bertz CT molecular complexity index is 325.